The van der Waals surface area contributed by atoms with Gasteiger partial charge in [0.2, 0.25) is 0 Å². The molecule has 2 rings (SSSR count). The highest BCUT2D eigenvalue weighted by Crippen LogP contribution is 2.39. The number of phenolic OH excluding ortho intramolecular Hbond substituents is 1. The number of phenols is 1. The van der Waals surface area contributed by atoms with Gasteiger partial charge in [-0.05, 0) is 54.7 Å². The van der Waals surface area contributed by atoms with Crippen molar-refractivity contribution in [3.05, 3.63) is 29.8 Å². The van der Waals surface area contributed by atoms with E-state index in [1.807, 2.05) is 12.1 Å². The first kappa shape index (κ1) is 11.5. The van der Waals surface area contributed by atoms with E-state index in [0.29, 0.717) is 30.1 Å². The van der Waals surface area contributed by atoms with Crippen LogP contribution in [0, 0.1) is 11.8 Å². The summed E-state index contributed by atoms with van der Waals surface area (Å²) in [7, 11) is 0. The maximum Gasteiger partial charge on any atom is 0.115 e. The van der Waals surface area contributed by atoms with Gasteiger partial charge in [0.25, 0.3) is 0 Å². The molecule has 0 aliphatic heterocycles. The van der Waals surface area contributed by atoms with Crippen LogP contribution in [0.2, 0.25) is 0 Å². The van der Waals surface area contributed by atoms with E-state index in [2.05, 4.69) is 6.92 Å². The Morgan fingerprint density at radius 3 is 2.44 bits per heavy atom. The topological polar surface area (TPSA) is 40.5 Å². The minimum absolute atomic E-state index is 0.323. The van der Waals surface area contributed by atoms with Crippen molar-refractivity contribution in [2.24, 2.45) is 11.8 Å². The quantitative estimate of drug-likeness (QED) is 0.804. The SMILES string of the molecule is C[C@@H]1C[C@H](c2ccc(O)cc2)CC[C@H]1CO. The van der Waals surface area contributed by atoms with Gasteiger partial charge in [0, 0.05) is 6.61 Å². The van der Waals surface area contributed by atoms with Gasteiger partial charge in [-0.3, -0.25) is 0 Å². The molecule has 0 heterocycles. The van der Waals surface area contributed by atoms with E-state index in [1.165, 1.54) is 5.56 Å². The second-order valence-corrected chi connectivity index (χ2v) is 5.02. The second-order valence-electron chi connectivity index (χ2n) is 5.02. The van der Waals surface area contributed by atoms with Crippen LogP contribution in [-0.4, -0.2) is 16.8 Å². The fourth-order valence-electron chi connectivity index (χ4n) is 2.78. The van der Waals surface area contributed by atoms with Crippen molar-refractivity contribution in [1.29, 1.82) is 0 Å². The zero-order chi connectivity index (χ0) is 11.5. The Morgan fingerprint density at radius 2 is 1.88 bits per heavy atom. The van der Waals surface area contributed by atoms with Gasteiger partial charge in [-0.1, -0.05) is 19.1 Å². The zero-order valence-electron chi connectivity index (χ0n) is 9.76. The molecule has 0 radical (unpaired) electrons. The van der Waals surface area contributed by atoms with Gasteiger partial charge in [0.15, 0.2) is 0 Å². The van der Waals surface area contributed by atoms with Crippen LogP contribution in [0.1, 0.15) is 37.7 Å². The van der Waals surface area contributed by atoms with Gasteiger partial charge in [-0.25, -0.2) is 0 Å². The molecule has 0 aromatic heterocycles. The minimum atomic E-state index is 0.323. The second kappa shape index (κ2) is 4.88. The molecule has 0 saturated heterocycles. The van der Waals surface area contributed by atoms with Crippen molar-refractivity contribution in [3.63, 3.8) is 0 Å². The van der Waals surface area contributed by atoms with Crippen molar-refractivity contribution in [2.75, 3.05) is 6.61 Å². The summed E-state index contributed by atoms with van der Waals surface area (Å²) in [5.74, 6) is 2.00. The summed E-state index contributed by atoms with van der Waals surface area (Å²) < 4.78 is 0. The molecule has 2 nitrogen and oxygen atoms in total. The summed E-state index contributed by atoms with van der Waals surface area (Å²) in [4.78, 5) is 0. The van der Waals surface area contributed by atoms with E-state index in [9.17, 15) is 10.2 Å². The van der Waals surface area contributed by atoms with Gasteiger partial charge in [-0.15, -0.1) is 0 Å². The first-order valence-corrected chi connectivity index (χ1v) is 6.10. The minimum Gasteiger partial charge on any atom is -0.508 e. The Hall–Kier alpha value is -1.02. The summed E-state index contributed by atoms with van der Waals surface area (Å²) in [6.45, 7) is 2.55. The van der Waals surface area contributed by atoms with E-state index in [4.69, 9.17) is 0 Å². The third-order valence-corrected chi connectivity index (χ3v) is 3.95. The molecule has 1 aromatic carbocycles. The van der Waals surface area contributed by atoms with Crippen LogP contribution in [0.25, 0.3) is 0 Å². The van der Waals surface area contributed by atoms with Gasteiger partial charge < -0.3 is 10.2 Å². The van der Waals surface area contributed by atoms with E-state index in [-0.39, 0.29) is 0 Å². The number of benzene rings is 1. The van der Waals surface area contributed by atoms with E-state index >= 15 is 0 Å². The van der Waals surface area contributed by atoms with Gasteiger partial charge >= 0.3 is 0 Å². The standard InChI is InChI=1S/C14H20O2/c1-10-8-12(2-3-13(10)9-15)11-4-6-14(16)7-5-11/h4-7,10,12-13,15-16H,2-3,8-9H2,1H3/t10-,12-,13+/m1/s1. The third-order valence-electron chi connectivity index (χ3n) is 3.95. The summed E-state index contributed by atoms with van der Waals surface area (Å²) in [6.07, 6.45) is 3.42. The fraction of sp³-hybridized carbons (Fsp3) is 0.571. The number of aliphatic hydroxyl groups is 1. The fourth-order valence-corrected chi connectivity index (χ4v) is 2.78. The monoisotopic (exact) mass is 220 g/mol. The molecular formula is C14H20O2. The number of aromatic hydroxyl groups is 1. The molecule has 2 N–H and O–H groups in total. The maximum absolute atomic E-state index is 9.25. The molecular weight excluding hydrogens is 200 g/mol. The van der Waals surface area contributed by atoms with Crippen LogP contribution in [0.15, 0.2) is 24.3 Å². The van der Waals surface area contributed by atoms with Gasteiger partial charge in [0.1, 0.15) is 5.75 Å². The first-order chi connectivity index (χ1) is 7.70. The molecule has 0 spiro atoms. The molecule has 1 aliphatic carbocycles. The molecule has 16 heavy (non-hydrogen) atoms. The molecule has 88 valence electrons. The third kappa shape index (κ3) is 2.38. The highest BCUT2D eigenvalue weighted by atomic mass is 16.3. The molecule has 1 aliphatic rings. The smallest absolute Gasteiger partial charge is 0.115 e. The average molecular weight is 220 g/mol. The summed E-state index contributed by atoms with van der Waals surface area (Å²) in [5.41, 5.74) is 1.32. The van der Waals surface area contributed by atoms with E-state index < -0.39 is 0 Å². The number of rotatable bonds is 2. The summed E-state index contributed by atoms with van der Waals surface area (Å²) >= 11 is 0. The lowest BCUT2D eigenvalue weighted by atomic mass is 9.73. The zero-order valence-corrected chi connectivity index (χ0v) is 9.76. The molecule has 2 heteroatoms. The lowest BCUT2D eigenvalue weighted by molar-refractivity contribution is 0.135. The van der Waals surface area contributed by atoms with Crippen molar-refractivity contribution in [3.8, 4) is 5.75 Å². The normalized spacial score (nSPS) is 30.2. The Morgan fingerprint density at radius 1 is 1.19 bits per heavy atom. The van der Waals surface area contributed by atoms with Crippen molar-refractivity contribution in [2.45, 2.75) is 32.1 Å². The molecule has 1 aromatic rings. The predicted octanol–water partition coefficient (Wildman–Crippen LogP) is 2.90. The van der Waals surface area contributed by atoms with Crippen LogP contribution in [-0.2, 0) is 0 Å². The highest BCUT2D eigenvalue weighted by molar-refractivity contribution is 5.28. The van der Waals surface area contributed by atoms with Crippen molar-refractivity contribution < 1.29 is 10.2 Å². The molecule has 1 saturated carbocycles. The Labute approximate surface area is 96.9 Å². The molecule has 0 amide bonds. The van der Waals surface area contributed by atoms with Crippen LogP contribution in [0.4, 0.5) is 0 Å². The summed E-state index contributed by atoms with van der Waals surface area (Å²) in [5, 5.41) is 18.5. The summed E-state index contributed by atoms with van der Waals surface area (Å²) in [6, 6.07) is 7.56. The van der Waals surface area contributed by atoms with Crippen molar-refractivity contribution in [1.82, 2.24) is 0 Å². The van der Waals surface area contributed by atoms with Gasteiger partial charge in [-0.2, -0.15) is 0 Å². The average Bonchev–Trinajstić information content (AvgIpc) is 2.30. The number of hydrogen-bond donors (Lipinski definition) is 2. The maximum atomic E-state index is 9.25. The number of aliphatic hydroxyl groups excluding tert-OH is 1. The molecule has 1 fully saturated rings. The van der Waals surface area contributed by atoms with Crippen LogP contribution in [0.5, 0.6) is 5.75 Å². The van der Waals surface area contributed by atoms with Crippen LogP contribution in [0.3, 0.4) is 0 Å². The first-order valence-electron chi connectivity index (χ1n) is 6.10. The Bertz CT molecular complexity index is 331. The number of hydrogen-bond acceptors (Lipinski definition) is 2. The molecule has 0 unspecified atom stereocenters. The highest BCUT2D eigenvalue weighted by Gasteiger charge is 2.27. The van der Waals surface area contributed by atoms with Crippen LogP contribution < -0.4 is 0 Å². The lowest BCUT2D eigenvalue weighted by Gasteiger charge is -2.33. The van der Waals surface area contributed by atoms with Crippen molar-refractivity contribution >= 4 is 0 Å². The lowest BCUT2D eigenvalue weighted by Crippen LogP contribution is -2.24. The predicted molar refractivity (Wildman–Crippen MR) is 64.4 cm³/mol. The molecule has 0 bridgehead atoms. The van der Waals surface area contributed by atoms with E-state index in [1.54, 1.807) is 12.1 Å². The van der Waals surface area contributed by atoms with Gasteiger partial charge in [0.05, 0.1) is 0 Å². The molecule has 3 atom stereocenters. The Kier molecular flexibility index (Phi) is 3.49. The van der Waals surface area contributed by atoms with E-state index in [0.717, 1.165) is 19.3 Å². The Balaban J connectivity index is 2.04. The van der Waals surface area contributed by atoms with Crippen LogP contribution >= 0.6 is 0 Å². The largest absolute Gasteiger partial charge is 0.508 e.